The highest BCUT2D eigenvalue weighted by Crippen LogP contribution is 2.07. The molecular formula is C34H46N4O11. The van der Waals surface area contributed by atoms with Crippen LogP contribution in [-0.4, -0.2) is 82.7 Å². The number of carbonyl (C=O) groups is 7. The average Bonchev–Trinajstić information content (AvgIpc) is 3.07. The number of benzene rings is 2. The highest BCUT2D eigenvalue weighted by molar-refractivity contribution is 5.98. The van der Waals surface area contributed by atoms with Gasteiger partial charge in [-0.15, -0.1) is 0 Å². The number of esters is 2. The predicted molar refractivity (Wildman–Crippen MR) is 177 cm³/mol. The molecule has 0 bridgehead atoms. The normalized spacial score (nSPS) is 12.8. The summed E-state index contributed by atoms with van der Waals surface area (Å²) >= 11 is 0. The van der Waals surface area contributed by atoms with Crippen LogP contribution in [-0.2, 0) is 40.1 Å². The third kappa shape index (κ3) is 16.4. The number of carbonyl (C=O) groups excluding carboxylic acids is 6. The largest absolute Gasteiger partial charge is 0.480 e. The molecule has 0 aliphatic rings. The van der Waals surface area contributed by atoms with Crippen molar-refractivity contribution >= 4 is 41.7 Å². The SMILES string of the molecule is CC(=O)OC(=O)[C@@H](CO)NC(=O)OCc1ccccc1.CCCC[C@H](NC(=O)[C@H](C)NC(=O)[C@@H](NC(=O)c1ccccc1)C(C)C)C(=O)O. The van der Waals surface area contributed by atoms with Gasteiger partial charge in [-0.05, 0) is 37.0 Å². The zero-order chi connectivity index (χ0) is 36.9. The van der Waals surface area contributed by atoms with E-state index in [1.54, 1.807) is 68.4 Å². The molecule has 2 rings (SSSR count). The molecule has 2 aromatic rings. The minimum Gasteiger partial charge on any atom is -0.480 e. The van der Waals surface area contributed by atoms with Gasteiger partial charge in [-0.2, -0.15) is 0 Å². The molecule has 15 heteroatoms. The number of unbranched alkanes of at least 4 members (excludes halogenated alkanes) is 1. The summed E-state index contributed by atoms with van der Waals surface area (Å²) in [5.41, 5.74) is 1.20. The quantitative estimate of drug-likeness (QED) is 0.111. The smallest absolute Gasteiger partial charge is 0.408 e. The van der Waals surface area contributed by atoms with Crippen molar-refractivity contribution < 1.29 is 53.2 Å². The van der Waals surface area contributed by atoms with Gasteiger partial charge in [-0.25, -0.2) is 14.4 Å². The second-order valence-electron chi connectivity index (χ2n) is 11.2. The summed E-state index contributed by atoms with van der Waals surface area (Å²) in [6, 6.07) is 13.3. The molecule has 0 saturated heterocycles. The molecular weight excluding hydrogens is 640 g/mol. The van der Waals surface area contributed by atoms with Crippen molar-refractivity contribution in [1.29, 1.82) is 0 Å². The Labute approximate surface area is 285 Å². The molecule has 2 aromatic carbocycles. The molecule has 0 saturated carbocycles. The van der Waals surface area contributed by atoms with Gasteiger partial charge < -0.3 is 41.0 Å². The van der Waals surface area contributed by atoms with E-state index < -0.39 is 66.6 Å². The summed E-state index contributed by atoms with van der Waals surface area (Å²) in [5, 5.41) is 28.0. The summed E-state index contributed by atoms with van der Waals surface area (Å²) in [4.78, 5) is 82.0. The van der Waals surface area contributed by atoms with Crippen LogP contribution in [0.25, 0.3) is 0 Å². The molecule has 6 N–H and O–H groups in total. The van der Waals surface area contributed by atoms with E-state index in [1.165, 1.54) is 6.92 Å². The Morgan fingerprint density at radius 2 is 1.37 bits per heavy atom. The number of aliphatic carboxylic acids is 1. The number of alkyl carbamates (subject to hydrolysis) is 1. The molecule has 4 atom stereocenters. The van der Waals surface area contributed by atoms with Gasteiger partial charge in [-0.1, -0.05) is 82.1 Å². The maximum atomic E-state index is 12.6. The summed E-state index contributed by atoms with van der Waals surface area (Å²) in [5.74, 6) is -4.67. The van der Waals surface area contributed by atoms with Crippen molar-refractivity contribution in [3.63, 3.8) is 0 Å². The second-order valence-corrected chi connectivity index (χ2v) is 11.2. The number of carboxylic acids is 1. The van der Waals surface area contributed by atoms with Crippen molar-refractivity contribution in [3.8, 4) is 0 Å². The van der Waals surface area contributed by atoms with E-state index in [0.29, 0.717) is 18.4 Å². The summed E-state index contributed by atoms with van der Waals surface area (Å²) in [6.45, 7) is 7.33. The van der Waals surface area contributed by atoms with E-state index in [2.05, 4.69) is 26.0 Å². The van der Waals surface area contributed by atoms with Crippen molar-refractivity contribution in [2.75, 3.05) is 6.61 Å². The number of aliphatic hydroxyl groups excluding tert-OH is 1. The second kappa shape index (κ2) is 22.3. The molecule has 0 aliphatic carbocycles. The minimum absolute atomic E-state index is 0.0204. The number of ether oxygens (including phenoxy) is 2. The summed E-state index contributed by atoms with van der Waals surface area (Å²) in [7, 11) is 0. The van der Waals surface area contributed by atoms with Gasteiger partial charge in [0.05, 0.1) is 6.61 Å². The zero-order valence-electron chi connectivity index (χ0n) is 28.3. The topological polar surface area (TPSA) is 227 Å². The minimum atomic E-state index is -1.35. The van der Waals surface area contributed by atoms with Crippen molar-refractivity contribution in [2.24, 2.45) is 5.92 Å². The van der Waals surface area contributed by atoms with Crippen molar-refractivity contribution in [3.05, 3.63) is 71.8 Å². The van der Waals surface area contributed by atoms with Gasteiger partial charge >= 0.3 is 24.0 Å². The highest BCUT2D eigenvalue weighted by atomic mass is 16.6. The fourth-order valence-corrected chi connectivity index (χ4v) is 3.98. The number of hydrogen-bond donors (Lipinski definition) is 6. The molecule has 15 nitrogen and oxygen atoms in total. The molecule has 0 aromatic heterocycles. The lowest BCUT2D eigenvalue weighted by atomic mass is 10.0. The number of nitrogens with one attached hydrogen (secondary N) is 4. The number of amides is 4. The van der Waals surface area contributed by atoms with Crippen LogP contribution >= 0.6 is 0 Å². The monoisotopic (exact) mass is 686 g/mol. The van der Waals surface area contributed by atoms with E-state index in [0.717, 1.165) is 18.9 Å². The fraction of sp³-hybridized carbons (Fsp3) is 0.441. The molecule has 0 spiro atoms. The zero-order valence-corrected chi connectivity index (χ0v) is 28.3. The van der Waals surface area contributed by atoms with E-state index in [-0.39, 0.29) is 18.4 Å². The lowest BCUT2D eigenvalue weighted by Gasteiger charge is -2.24. The van der Waals surface area contributed by atoms with Crippen molar-refractivity contribution in [2.45, 2.75) is 84.7 Å². The fourth-order valence-electron chi connectivity index (χ4n) is 3.98. The lowest BCUT2D eigenvalue weighted by Crippen LogP contribution is -2.56. The van der Waals surface area contributed by atoms with Gasteiger partial charge in [0.1, 0.15) is 24.7 Å². The third-order valence-electron chi connectivity index (χ3n) is 6.70. The Balaban J connectivity index is 0.000000524. The number of rotatable bonds is 16. The Kier molecular flexibility index (Phi) is 19.0. The van der Waals surface area contributed by atoms with Crippen LogP contribution in [0.1, 0.15) is 69.8 Å². The van der Waals surface area contributed by atoms with Gasteiger partial charge in [0.15, 0.2) is 6.04 Å². The van der Waals surface area contributed by atoms with Crippen LogP contribution < -0.4 is 21.3 Å². The van der Waals surface area contributed by atoms with Crippen molar-refractivity contribution in [1.82, 2.24) is 21.3 Å². The van der Waals surface area contributed by atoms with Crippen LogP contribution in [0.3, 0.4) is 0 Å². The van der Waals surface area contributed by atoms with Crippen LogP contribution in [0, 0.1) is 5.92 Å². The average molecular weight is 687 g/mol. The van der Waals surface area contributed by atoms with Gasteiger partial charge in [0.25, 0.3) is 5.91 Å². The molecule has 49 heavy (non-hydrogen) atoms. The number of hydrogen-bond acceptors (Lipinski definition) is 10. The number of carboxylic acid groups (broad SMARTS) is 1. The Morgan fingerprint density at radius 1 is 0.776 bits per heavy atom. The van der Waals surface area contributed by atoms with E-state index in [9.17, 15) is 38.7 Å². The summed E-state index contributed by atoms with van der Waals surface area (Å²) in [6.07, 6.45) is 0.899. The Bertz CT molecular complexity index is 1390. The van der Waals surface area contributed by atoms with E-state index in [1.807, 2.05) is 13.0 Å². The maximum Gasteiger partial charge on any atom is 0.408 e. The lowest BCUT2D eigenvalue weighted by molar-refractivity contribution is -0.160. The van der Waals surface area contributed by atoms with Gasteiger partial charge in [0.2, 0.25) is 11.8 Å². The first kappa shape index (κ1) is 41.7. The third-order valence-corrected chi connectivity index (χ3v) is 6.70. The first-order chi connectivity index (χ1) is 23.2. The molecule has 4 amide bonds. The van der Waals surface area contributed by atoms with Gasteiger partial charge in [-0.3, -0.25) is 19.2 Å². The number of aliphatic hydroxyl groups is 1. The molecule has 268 valence electrons. The van der Waals surface area contributed by atoms with Crippen LogP contribution in [0.2, 0.25) is 0 Å². The predicted octanol–water partition coefficient (Wildman–Crippen LogP) is 2.07. The van der Waals surface area contributed by atoms with Gasteiger partial charge in [0, 0.05) is 12.5 Å². The summed E-state index contributed by atoms with van der Waals surface area (Å²) < 4.78 is 9.12. The Hall–Kier alpha value is -5.31. The molecule has 0 fully saturated rings. The molecule has 0 aliphatic heterocycles. The Morgan fingerprint density at radius 3 is 1.88 bits per heavy atom. The maximum absolute atomic E-state index is 12.6. The molecule has 0 unspecified atom stereocenters. The van der Waals surface area contributed by atoms with E-state index >= 15 is 0 Å². The standard InChI is InChI=1S/C21H31N3O5.C13H15NO6/c1-5-6-12-16(21(28)29)23-18(25)14(4)22-20(27)17(13(2)3)24-19(26)15-10-8-7-9-11-15;1-9(16)20-12(17)11(7-15)14-13(18)19-8-10-5-3-2-4-6-10/h7-11,13-14,16-17H,5-6,12H2,1-4H3,(H,22,27)(H,23,25)(H,24,26)(H,28,29);2-6,11,15H,7-8H2,1H3,(H,14,18)/t14-,16-,17-;11-/m01/s1. The van der Waals surface area contributed by atoms with E-state index in [4.69, 9.17) is 9.84 Å². The molecule has 0 radical (unpaired) electrons. The first-order valence-corrected chi connectivity index (χ1v) is 15.7. The van der Waals surface area contributed by atoms with Crippen LogP contribution in [0.15, 0.2) is 60.7 Å². The van der Waals surface area contributed by atoms with Crippen LogP contribution in [0.5, 0.6) is 0 Å². The molecule has 0 heterocycles. The first-order valence-electron chi connectivity index (χ1n) is 15.7. The highest BCUT2D eigenvalue weighted by Gasteiger charge is 2.29. The van der Waals surface area contributed by atoms with Crippen LogP contribution in [0.4, 0.5) is 4.79 Å².